The molecule has 2 rings (SSSR count). The highest BCUT2D eigenvalue weighted by Gasteiger charge is 2.25. The molecule has 2 aromatic carbocycles. The van der Waals surface area contributed by atoms with E-state index in [2.05, 4.69) is 0 Å². The van der Waals surface area contributed by atoms with Crippen molar-refractivity contribution in [1.29, 1.82) is 0 Å². The Morgan fingerprint density at radius 3 is 2.52 bits per heavy atom. The lowest BCUT2D eigenvalue weighted by atomic mass is 10.2. The van der Waals surface area contributed by atoms with Gasteiger partial charge in [-0.2, -0.15) is 0 Å². The summed E-state index contributed by atoms with van der Waals surface area (Å²) in [6, 6.07) is 8.14. The second kappa shape index (κ2) is 5.54. The topological polar surface area (TPSA) is 63.4 Å². The zero-order valence-corrected chi connectivity index (χ0v) is 13.0. The lowest BCUT2D eigenvalue weighted by molar-refractivity contribution is 0.588. The zero-order chi connectivity index (χ0) is 15.8. The average Bonchev–Trinajstić information content (AvgIpc) is 2.43. The maximum Gasteiger partial charge on any atom is 0.264 e. The van der Waals surface area contributed by atoms with E-state index in [4.69, 9.17) is 17.3 Å². The van der Waals surface area contributed by atoms with E-state index in [1.54, 1.807) is 13.0 Å². The smallest absolute Gasteiger partial charge is 0.264 e. The molecule has 112 valence electrons. The van der Waals surface area contributed by atoms with Gasteiger partial charge in [0.2, 0.25) is 0 Å². The summed E-state index contributed by atoms with van der Waals surface area (Å²) in [7, 11) is -2.58. The van der Waals surface area contributed by atoms with Crippen LogP contribution in [0.3, 0.4) is 0 Å². The van der Waals surface area contributed by atoms with E-state index in [0.29, 0.717) is 10.6 Å². The highest BCUT2D eigenvalue weighted by Crippen LogP contribution is 2.31. The van der Waals surface area contributed by atoms with Gasteiger partial charge in [-0.25, -0.2) is 12.8 Å². The molecule has 4 nitrogen and oxygen atoms in total. The highest BCUT2D eigenvalue weighted by atomic mass is 35.5. The standard InChI is InChI=1S/C14H14ClFN2O2S/c1-9-3-5-11(16)8-14(9)21(19,20)18(2)13-7-10(15)4-6-12(13)17/h3-8H,17H2,1-2H3. The monoisotopic (exact) mass is 328 g/mol. The van der Waals surface area contributed by atoms with Gasteiger partial charge in [-0.15, -0.1) is 0 Å². The van der Waals surface area contributed by atoms with Crippen molar-refractivity contribution in [2.45, 2.75) is 11.8 Å². The SMILES string of the molecule is Cc1ccc(F)cc1S(=O)(=O)N(C)c1cc(Cl)ccc1N. The van der Waals surface area contributed by atoms with Gasteiger partial charge in [0.05, 0.1) is 16.3 Å². The summed E-state index contributed by atoms with van der Waals surface area (Å²) in [6.07, 6.45) is 0. The molecule has 2 aromatic rings. The molecule has 0 amide bonds. The number of rotatable bonds is 3. The first kappa shape index (κ1) is 15.6. The molecule has 0 unspecified atom stereocenters. The summed E-state index contributed by atoms with van der Waals surface area (Å²) in [4.78, 5) is -0.107. The number of nitrogens with zero attached hydrogens (tertiary/aromatic N) is 1. The summed E-state index contributed by atoms with van der Waals surface area (Å²) in [5.74, 6) is -0.619. The molecule has 0 atom stereocenters. The maximum absolute atomic E-state index is 13.4. The number of benzene rings is 2. The molecule has 0 saturated heterocycles. The van der Waals surface area contributed by atoms with Gasteiger partial charge in [0.25, 0.3) is 10.0 Å². The Bertz CT molecular complexity index is 794. The molecule has 7 heteroatoms. The molecular formula is C14H14ClFN2O2S. The number of hydrogen-bond donors (Lipinski definition) is 1. The van der Waals surface area contributed by atoms with Gasteiger partial charge < -0.3 is 5.73 Å². The lowest BCUT2D eigenvalue weighted by Crippen LogP contribution is -2.28. The van der Waals surface area contributed by atoms with Gasteiger partial charge in [-0.05, 0) is 42.8 Å². The van der Waals surface area contributed by atoms with Crippen LogP contribution in [0.5, 0.6) is 0 Å². The van der Waals surface area contributed by atoms with Gasteiger partial charge in [0.15, 0.2) is 0 Å². The Morgan fingerprint density at radius 1 is 1.19 bits per heavy atom. The van der Waals surface area contributed by atoms with Gasteiger partial charge >= 0.3 is 0 Å². The molecular weight excluding hydrogens is 315 g/mol. The van der Waals surface area contributed by atoms with E-state index in [1.807, 2.05) is 0 Å². The number of nitrogen functional groups attached to an aromatic ring is 1. The molecule has 0 radical (unpaired) electrons. The van der Waals surface area contributed by atoms with Gasteiger partial charge in [-0.1, -0.05) is 17.7 Å². The van der Waals surface area contributed by atoms with E-state index in [9.17, 15) is 12.8 Å². The van der Waals surface area contributed by atoms with Crippen LogP contribution in [-0.2, 0) is 10.0 Å². The summed E-state index contributed by atoms with van der Waals surface area (Å²) in [5.41, 5.74) is 6.75. The lowest BCUT2D eigenvalue weighted by Gasteiger charge is -2.22. The summed E-state index contributed by atoms with van der Waals surface area (Å²) >= 11 is 5.88. The van der Waals surface area contributed by atoms with Crippen LogP contribution in [0.4, 0.5) is 15.8 Å². The van der Waals surface area contributed by atoms with E-state index in [-0.39, 0.29) is 16.3 Å². The largest absolute Gasteiger partial charge is 0.397 e. The van der Waals surface area contributed by atoms with Crippen molar-refractivity contribution >= 4 is 33.0 Å². The van der Waals surface area contributed by atoms with Crippen molar-refractivity contribution < 1.29 is 12.8 Å². The van der Waals surface area contributed by atoms with Crippen LogP contribution in [0.25, 0.3) is 0 Å². The number of sulfonamides is 1. The molecule has 0 bridgehead atoms. The maximum atomic E-state index is 13.4. The molecule has 0 saturated carbocycles. The third kappa shape index (κ3) is 2.96. The first-order valence-corrected chi connectivity index (χ1v) is 7.85. The van der Waals surface area contributed by atoms with E-state index in [0.717, 1.165) is 10.4 Å². The van der Waals surface area contributed by atoms with Crippen LogP contribution in [0.1, 0.15) is 5.56 Å². The second-order valence-electron chi connectivity index (χ2n) is 4.59. The van der Waals surface area contributed by atoms with Crippen molar-refractivity contribution in [3.63, 3.8) is 0 Å². The molecule has 21 heavy (non-hydrogen) atoms. The van der Waals surface area contributed by atoms with Crippen LogP contribution < -0.4 is 10.0 Å². The fourth-order valence-electron chi connectivity index (χ4n) is 1.92. The Morgan fingerprint density at radius 2 is 1.86 bits per heavy atom. The molecule has 0 aliphatic carbocycles. The van der Waals surface area contributed by atoms with Crippen LogP contribution in [-0.4, -0.2) is 15.5 Å². The first-order valence-electron chi connectivity index (χ1n) is 6.03. The number of aryl methyl sites for hydroxylation is 1. The first-order chi connectivity index (χ1) is 9.73. The number of anilines is 2. The Balaban J connectivity index is 2.58. The van der Waals surface area contributed by atoms with Gasteiger partial charge in [0.1, 0.15) is 5.82 Å². The van der Waals surface area contributed by atoms with Crippen molar-refractivity contribution in [3.8, 4) is 0 Å². The quantitative estimate of drug-likeness (QED) is 0.880. The van der Waals surface area contributed by atoms with Gasteiger partial charge in [0, 0.05) is 12.1 Å². The van der Waals surface area contributed by atoms with Crippen molar-refractivity contribution in [2.75, 3.05) is 17.1 Å². The predicted molar refractivity (Wildman–Crippen MR) is 82.6 cm³/mol. The number of halogens is 2. The number of nitrogens with two attached hydrogens (primary N) is 1. The van der Waals surface area contributed by atoms with Crippen molar-refractivity contribution in [3.05, 3.63) is 52.8 Å². The molecule has 0 aliphatic heterocycles. The highest BCUT2D eigenvalue weighted by molar-refractivity contribution is 7.92. The molecule has 0 heterocycles. The summed E-state index contributed by atoms with van der Waals surface area (Å²) in [5, 5.41) is 0.359. The molecule has 0 fully saturated rings. The van der Waals surface area contributed by atoms with Gasteiger partial charge in [-0.3, -0.25) is 4.31 Å². The molecule has 0 spiro atoms. The Hall–Kier alpha value is -1.79. The molecule has 0 aromatic heterocycles. The zero-order valence-electron chi connectivity index (χ0n) is 11.5. The summed E-state index contributed by atoms with van der Waals surface area (Å²) in [6.45, 7) is 1.60. The molecule has 2 N–H and O–H groups in total. The van der Waals surface area contributed by atoms with Crippen molar-refractivity contribution in [2.24, 2.45) is 0 Å². The minimum atomic E-state index is -3.93. The Kier molecular flexibility index (Phi) is 4.11. The van der Waals surface area contributed by atoms with Crippen LogP contribution in [0, 0.1) is 12.7 Å². The van der Waals surface area contributed by atoms with E-state index >= 15 is 0 Å². The van der Waals surface area contributed by atoms with E-state index in [1.165, 1.54) is 31.3 Å². The fourth-order valence-corrected chi connectivity index (χ4v) is 3.53. The van der Waals surface area contributed by atoms with Crippen molar-refractivity contribution in [1.82, 2.24) is 0 Å². The minimum Gasteiger partial charge on any atom is -0.397 e. The fraction of sp³-hybridized carbons (Fsp3) is 0.143. The Labute approximate surface area is 128 Å². The normalized spacial score (nSPS) is 11.4. The number of hydrogen-bond acceptors (Lipinski definition) is 3. The molecule has 0 aliphatic rings. The third-order valence-electron chi connectivity index (χ3n) is 3.12. The van der Waals surface area contributed by atoms with E-state index < -0.39 is 15.8 Å². The van der Waals surface area contributed by atoms with Crippen LogP contribution in [0.2, 0.25) is 5.02 Å². The van der Waals surface area contributed by atoms with Crippen LogP contribution in [0.15, 0.2) is 41.3 Å². The summed E-state index contributed by atoms with van der Waals surface area (Å²) < 4.78 is 39.6. The predicted octanol–water partition coefficient (Wildman–Crippen LogP) is 3.19. The third-order valence-corrected chi connectivity index (χ3v) is 5.27. The average molecular weight is 329 g/mol. The minimum absolute atomic E-state index is 0.107. The van der Waals surface area contributed by atoms with Crippen LogP contribution >= 0.6 is 11.6 Å². The second-order valence-corrected chi connectivity index (χ2v) is 6.96.